The Balaban J connectivity index is 1.58. The van der Waals surface area contributed by atoms with E-state index in [-0.39, 0.29) is 23.6 Å². The van der Waals surface area contributed by atoms with Gasteiger partial charge in [-0.25, -0.2) is 0 Å². The Labute approximate surface area is 192 Å². The number of carbonyl (C=O) groups excluding carboxylic acids is 2. The van der Waals surface area contributed by atoms with Crippen LogP contribution >= 0.6 is 11.8 Å². The minimum absolute atomic E-state index is 0.0286. The van der Waals surface area contributed by atoms with Gasteiger partial charge in [0.1, 0.15) is 12.3 Å². The number of anilines is 2. The van der Waals surface area contributed by atoms with Crippen molar-refractivity contribution in [3.8, 4) is 5.75 Å². The van der Waals surface area contributed by atoms with Gasteiger partial charge >= 0.3 is 0 Å². The number of hydrogen-bond acceptors (Lipinski definition) is 4. The van der Waals surface area contributed by atoms with Crippen molar-refractivity contribution in [2.24, 2.45) is 0 Å². The predicted octanol–water partition coefficient (Wildman–Crippen LogP) is 5.52. The molecule has 5 nitrogen and oxygen atoms in total. The second kappa shape index (κ2) is 9.49. The highest BCUT2D eigenvalue weighted by Crippen LogP contribution is 2.45. The highest BCUT2D eigenvalue weighted by atomic mass is 32.2. The molecular weight excluding hydrogens is 420 g/mol. The highest BCUT2D eigenvalue weighted by Gasteiger charge is 2.30. The third kappa shape index (κ3) is 4.81. The number of benzene rings is 3. The number of methoxy groups -OCH3 is 1. The van der Waals surface area contributed by atoms with Crippen LogP contribution < -0.4 is 15.0 Å². The number of aryl methyl sites for hydroxylation is 2. The Bertz CT molecular complexity index is 1140. The third-order valence-electron chi connectivity index (χ3n) is 5.54. The molecule has 1 N–H and O–H groups in total. The average molecular weight is 447 g/mol. The van der Waals surface area contributed by atoms with Crippen molar-refractivity contribution in [1.29, 1.82) is 0 Å². The van der Waals surface area contributed by atoms with Gasteiger partial charge in [0.2, 0.25) is 11.8 Å². The molecule has 0 fully saturated rings. The standard InChI is InChI=1S/C26H26N2O3S/c1-17-8-9-18(2)21(14-17)27-25(29)16-28-22-6-4-5-7-23(22)32-24(15-26(28)30)19-10-12-20(31-3)13-11-19/h4-14,24H,15-16H2,1-3H3,(H,27,29)/t24-/m0/s1. The van der Waals surface area contributed by atoms with Gasteiger partial charge in [-0.15, -0.1) is 11.8 Å². The van der Waals surface area contributed by atoms with Crippen LogP contribution in [0.4, 0.5) is 11.4 Å². The van der Waals surface area contributed by atoms with Crippen LogP contribution in [0.1, 0.15) is 28.4 Å². The van der Waals surface area contributed by atoms with Crippen LogP contribution in [0.25, 0.3) is 0 Å². The van der Waals surface area contributed by atoms with E-state index in [9.17, 15) is 9.59 Å². The fourth-order valence-corrected chi connectivity index (χ4v) is 5.04. The topological polar surface area (TPSA) is 58.6 Å². The van der Waals surface area contributed by atoms with Crippen molar-refractivity contribution >= 4 is 35.0 Å². The molecule has 164 valence electrons. The van der Waals surface area contributed by atoms with E-state index in [1.807, 2.05) is 80.6 Å². The van der Waals surface area contributed by atoms with Gasteiger partial charge in [-0.2, -0.15) is 0 Å². The molecule has 0 saturated carbocycles. The zero-order valence-electron chi connectivity index (χ0n) is 18.4. The molecule has 0 saturated heterocycles. The number of nitrogens with zero attached hydrogens (tertiary/aromatic N) is 1. The number of fused-ring (bicyclic) bond motifs is 1. The van der Waals surface area contributed by atoms with Gasteiger partial charge in [0, 0.05) is 22.3 Å². The van der Waals surface area contributed by atoms with E-state index in [0.29, 0.717) is 6.42 Å². The number of rotatable bonds is 5. The van der Waals surface area contributed by atoms with Gasteiger partial charge in [-0.1, -0.05) is 36.4 Å². The molecule has 0 radical (unpaired) electrons. The summed E-state index contributed by atoms with van der Waals surface area (Å²) in [6, 6.07) is 21.5. The van der Waals surface area contributed by atoms with Gasteiger partial charge in [0.05, 0.1) is 12.8 Å². The van der Waals surface area contributed by atoms with Crippen molar-refractivity contribution < 1.29 is 14.3 Å². The smallest absolute Gasteiger partial charge is 0.244 e. The van der Waals surface area contributed by atoms with E-state index in [4.69, 9.17) is 4.74 Å². The molecule has 6 heteroatoms. The van der Waals surface area contributed by atoms with Crippen LogP contribution in [-0.4, -0.2) is 25.5 Å². The maximum atomic E-state index is 13.3. The molecule has 0 aliphatic carbocycles. The monoisotopic (exact) mass is 446 g/mol. The summed E-state index contributed by atoms with van der Waals surface area (Å²) < 4.78 is 5.26. The third-order valence-corrected chi connectivity index (χ3v) is 6.87. The number of carbonyl (C=O) groups is 2. The van der Waals surface area contributed by atoms with Crippen molar-refractivity contribution in [3.63, 3.8) is 0 Å². The summed E-state index contributed by atoms with van der Waals surface area (Å²) in [5, 5.41) is 2.93. The predicted molar refractivity (Wildman–Crippen MR) is 130 cm³/mol. The second-order valence-electron chi connectivity index (χ2n) is 7.90. The fourth-order valence-electron chi connectivity index (χ4n) is 3.76. The molecule has 0 unspecified atom stereocenters. The zero-order valence-corrected chi connectivity index (χ0v) is 19.2. The van der Waals surface area contributed by atoms with Crippen LogP contribution in [0.2, 0.25) is 0 Å². The molecule has 32 heavy (non-hydrogen) atoms. The summed E-state index contributed by atoms with van der Waals surface area (Å²) in [5.74, 6) is 0.498. The lowest BCUT2D eigenvalue weighted by Gasteiger charge is -2.22. The van der Waals surface area contributed by atoms with E-state index in [2.05, 4.69) is 5.32 Å². The molecule has 1 heterocycles. The normalized spacial score (nSPS) is 15.7. The van der Waals surface area contributed by atoms with Gasteiger partial charge < -0.3 is 15.0 Å². The van der Waals surface area contributed by atoms with E-state index >= 15 is 0 Å². The molecule has 2 amide bonds. The van der Waals surface area contributed by atoms with Crippen molar-refractivity contribution in [2.45, 2.75) is 30.4 Å². The van der Waals surface area contributed by atoms with Crippen molar-refractivity contribution in [3.05, 3.63) is 83.4 Å². The van der Waals surface area contributed by atoms with E-state index < -0.39 is 0 Å². The number of amides is 2. The summed E-state index contributed by atoms with van der Waals surface area (Å²) in [5.41, 5.74) is 4.66. The van der Waals surface area contributed by atoms with Crippen LogP contribution in [0.3, 0.4) is 0 Å². The first-order valence-electron chi connectivity index (χ1n) is 10.5. The van der Waals surface area contributed by atoms with Crippen LogP contribution in [0, 0.1) is 13.8 Å². The van der Waals surface area contributed by atoms with Gasteiger partial charge in [-0.05, 0) is 60.9 Å². The number of nitrogens with one attached hydrogen (secondary N) is 1. The number of para-hydroxylation sites is 1. The molecule has 1 atom stereocenters. The molecule has 3 aromatic carbocycles. The minimum atomic E-state index is -0.213. The number of hydrogen-bond donors (Lipinski definition) is 1. The summed E-state index contributed by atoms with van der Waals surface area (Å²) in [6.45, 7) is 3.91. The Morgan fingerprint density at radius 1 is 1.09 bits per heavy atom. The largest absolute Gasteiger partial charge is 0.497 e. The second-order valence-corrected chi connectivity index (χ2v) is 9.14. The number of ether oxygens (including phenoxy) is 1. The lowest BCUT2D eigenvalue weighted by Crippen LogP contribution is -2.38. The lowest BCUT2D eigenvalue weighted by atomic mass is 10.1. The van der Waals surface area contributed by atoms with Crippen molar-refractivity contribution in [1.82, 2.24) is 0 Å². The van der Waals surface area contributed by atoms with E-state index in [1.54, 1.807) is 23.8 Å². The summed E-state index contributed by atoms with van der Waals surface area (Å²) in [6.07, 6.45) is 0.308. The summed E-state index contributed by atoms with van der Waals surface area (Å²) in [4.78, 5) is 28.8. The van der Waals surface area contributed by atoms with Gasteiger partial charge in [0.25, 0.3) is 0 Å². The molecule has 1 aliphatic rings. The molecular formula is C26H26N2O3S. The molecule has 0 bridgehead atoms. The van der Waals surface area contributed by atoms with Crippen LogP contribution in [0.5, 0.6) is 5.75 Å². The molecule has 4 rings (SSSR count). The summed E-state index contributed by atoms with van der Waals surface area (Å²) in [7, 11) is 1.64. The Kier molecular flexibility index (Phi) is 6.51. The Hall–Kier alpha value is -3.25. The maximum absolute atomic E-state index is 13.3. The first-order valence-corrected chi connectivity index (χ1v) is 11.4. The SMILES string of the molecule is COc1ccc([C@@H]2CC(=O)N(CC(=O)Nc3cc(C)ccc3C)c3ccccc3S2)cc1. The number of thioether (sulfide) groups is 1. The van der Waals surface area contributed by atoms with E-state index in [0.717, 1.165) is 38.7 Å². The van der Waals surface area contributed by atoms with E-state index in [1.165, 1.54) is 0 Å². The Morgan fingerprint density at radius 3 is 2.59 bits per heavy atom. The minimum Gasteiger partial charge on any atom is -0.497 e. The van der Waals surface area contributed by atoms with Crippen LogP contribution in [0.15, 0.2) is 71.6 Å². The molecule has 3 aromatic rings. The average Bonchev–Trinajstić information content (AvgIpc) is 2.93. The fraction of sp³-hybridized carbons (Fsp3) is 0.231. The van der Waals surface area contributed by atoms with Gasteiger partial charge in [0.15, 0.2) is 0 Å². The zero-order chi connectivity index (χ0) is 22.7. The molecule has 0 spiro atoms. The molecule has 1 aliphatic heterocycles. The van der Waals surface area contributed by atoms with Crippen LogP contribution in [-0.2, 0) is 9.59 Å². The first kappa shape index (κ1) is 22.0. The lowest BCUT2D eigenvalue weighted by molar-refractivity contribution is -0.121. The first-order chi connectivity index (χ1) is 15.4. The summed E-state index contributed by atoms with van der Waals surface area (Å²) >= 11 is 1.65. The molecule has 0 aromatic heterocycles. The highest BCUT2D eigenvalue weighted by molar-refractivity contribution is 7.99. The van der Waals surface area contributed by atoms with Crippen molar-refractivity contribution in [2.75, 3.05) is 23.9 Å². The quantitative estimate of drug-likeness (QED) is 0.561. The van der Waals surface area contributed by atoms with Gasteiger partial charge in [-0.3, -0.25) is 9.59 Å². The Morgan fingerprint density at radius 2 is 1.84 bits per heavy atom. The maximum Gasteiger partial charge on any atom is 0.244 e.